The summed E-state index contributed by atoms with van der Waals surface area (Å²) in [6, 6.07) is 7.48. The first-order chi connectivity index (χ1) is 6.68. The Kier molecular flexibility index (Phi) is 1.57. The molecule has 74 valence electrons. The van der Waals surface area contributed by atoms with Gasteiger partial charge >= 0.3 is 0 Å². The average molecular weight is 208 g/mol. The van der Waals surface area contributed by atoms with Gasteiger partial charge in [0, 0.05) is 0 Å². The monoisotopic (exact) mass is 208 g/mol. The molecule has 1 aliphatic carbocycles. The Morgan fingerprint density at radius 2 is 1.93 bits per heavy atom. The lowest BCUT2D eigenvalue weighted by Crippen LogP contribution is -2.36. The lowest BCUT2D eigenvalue weighted by molar-refractivity contribution is 0.271. The third-order valence-electron chi connectivity index (χ3n) is 3.50. The molecular weight excluding hydrogens is 196 g/mol. The zero-order valence-corrected chi connectivity index (χ0v) is 8.63. The quantitative estimate of drug-likeness (QED) is 0.653. The van der Waals surface area contributed by atoms with Gasteiger partial charge in [-0.15, -0.1) is 0 Å². The molecule has 0 N–H and O–H groups in total. The lowest BCUT2D eigenvalue weighted by atomic mass is 9.71. The minimum absolute atomic E-state index is 0.370. The summed E-state index contributed by atoms with van der Waals surface area (Å²) in [6.07, 6.45) is 2.25. The topological polar surface area (TPSA) is 34.1 Å². The van der Waals surface area contributed by atoms with Crippen molar-refractivity contribution in [3.05, 3.63) is 29.8 Å². The molecule has 0 radical (unpaired) electrons. The van der Waals surface area contributed by atoms with Crippen molar-refractivity contribution in [1.29, 1.82) is 0 Å². The molecule has 14 heavy (non-hydrogen) atoms. The minimum Gasteiger partial charge on any atom is -0.224 e. The van der Waals surface area contributed by atoms with E-state index in [0.717, 1.165) is 18.4 Å². The molecule has 2 nitrogen and oxygen atoms in total. The summed E-state index contributed by atoms with van der Waals surface area (Å²) in [5, 5.41) is 0. The molecule has 1 saturated carbocycles. The maximum absolute atomic E-state index is 11.9. The van der Waals surface area contributed by atoms with Gasteiger partial charge in [0.1, 0.15) is 0 Å². The molecule has 2 aliphatic rings. The third-order valence-corrected chi connectivity index (χ3v) is 5.41. The number of fused-ring (bicyclic) bond motifs is 3. The van der Waals surface area contributed by atoms with Crippen LogP contribution in [-0.2, 0) is 9.84 Å². The lowest BCUT2D eigenvalue weighted by Gasteiger charge is -2.41. The van der Waals surface area contributed by atoms with Crippen molar-refractivity contribution in [2.45, 2.75) is 23.7 Å². The summed E-state index contributed by atoms with van der Waals surface area (Å²) in [4.78, 5) is 0.584. The Morgan fingerprint density at radius 3 is 2.64 bits per heavy atom. The Morgan fingerprint density at radius 1 is 1.14 bits per heavy atom. The zero-order chi connectivity index (χ0) is 9.76. The molecule has 0 saturated heterocycles. The minimum atomic E-state index is -2.97. The molecule has 3 rings (SSSR count). The van der Waals surface area contributed by atoms with Crippen LogP contribution >= 0.6 is 0 Å². The molecule has 0 spiro atoms. The van der Waals surface area contributed by atoms with Crippen LogP contribution in [0.2, 0.25) is 0 Å². The highest BCUT2D eigenvalue weighted by Gasteiger charge is 2.42. The summed E-state index contributed by atoms with van der Waals surface area (Å²) in [5.41, 5.74) is 1.06. The number of rotatable bonds is 0. The van der Waals surface area contributed by atoms with Gasteiger partial charge in [-0.3, -0.25) is 0 Å². The van der Waals surface area contributed by atoms with E-state index in [2.05, 4.69) is 0 Å². The van der Waals surface area contributed by atoms with E-state index < -0.39 is 9.84 Å². The van der Waals surface area contributed by atoms with Gasteiger partial charge in [-0.25, -0.2) is 8.42 Å². The fourth-order valence-electron chi connectivity index (χ4n) is 2.62. The van der Waals surface area contributed by atoms with Crippen LogP contribution in [0.1, 0.15) is 24.3 Å². The van der Waals surface area contributed by atoms with E-state index in [-0.39, 0.29) is 0 Å². The van der Waals surface area contributed by atoms with E-state index in [1.54, 1.807) is 6.07 Å². The number of benzene rings is 1. The molecule has 1 aromatic carbocycles. The standard InChI is InChI=1S/C11H12O2S/c12-14(13)7-8-5-6-9(8)10-3-1-2-4-11(10)14/h1-4,8-9H,5-7H2/t8-,9?/m0/s1. The van der Waals surface area contributed by atoms with Gasteiger partial charge in [0.15, 0.2) is 9.84 Å². The van der Waals surface area contributed by atoms with Crippen molar-refractivity contribution in [3.8, 4) is 0 Å². The van der Waals surface area contributed by atoms with Crippen LogP contribution in [0.5, 0.6) is 0 Å². The van der Waals surface area contributed by atoms with Crippen LogP contribution in [-0.4, -0.2) is 14.2 Å². The van der Waals surface area contributed by atoms with Crippen molar-refractivity contribution in [2.75, 3.05) is 5.75 Å². The third kappa shape index (κ3) is 0.989. The van der Waals surface area contributed by atoms with E-state index in [4.69, 9.17) is 0 Å². The Labute approximate surface area is 83.9 Å². The summed E-state index contributed by atoms with van der Waals surface area (Å²) in [6.45, 7) is 0. The van der Waals surface area contributed by atoms with Gasteiger partial charge in [-0.2, -0.15) is 0 Å². The molecule has 0 bridgehead atoms. The summed E-state index contributed by atoms with van der Waals surface area (Å²) >= 11 is 0. The van der Waals surface area contributed by atoms with E-state index in [1.807, 2.05) is 18.2 Å². The average Bonchev–Trinajstić information content (AvgIpc) is 2.12. The number of hydrogen-bond acceptors (Lipinski definition) is 2. The molecule has 1 fully saturated rings. The van der Waals surface area contributed by atoms with E-state index in [0.29, 0.717) is 22.5 Å². The number of hydrogen-bond donors (Lipinski definition) is 0. The van der Waals surface area contributed by atoms with Crippen molar-refractivity contribution < 1.29 is 8.42 Å². The van der Waals surface area contributed by atoms with Gasteiger partial charge in [0.05, 0.1) is 10.6 Å². The molecule has 3 heteroatoms. The molecule has 0 amide bonds. The predicted molar refractivity (Wildman–Crippen MR) is 54.0 cm³/mol. The molecule has 1 aliphatic heterocycles. The summed E-state index contributed by atoms with van der Waals surface area (Å²) in [5.74, 6) is 1.29. The van der Waals surface area contributed by atoms with Crippen LogP contribution in [0.3, 0.4) is 0 Å². The predicted octanol–water partition coefficient (Wildman–Crippen LogP) is 1.97. The molecule has 1 unspecified atom stereocenters. The second-order valence-corrected chi connectivity index (χ2v) is 6.27. The van der Waals surface area contributed by atoms with E-state index in [9.17, 15) is 8.42 Å². The van der Waals surface area contributed by atoms with E-state index >= 15 is 0 Å². The van der Waals surface area contributed by atoms with Crippen molar-refractivity contribution >= 4 is 9.84 Å². The van der Waals surface area contributed by atoms with Gasteiger partial charge in [0.2, 0.25) is 0 Å². The maximum atomic E-state index is 11.9. The fourth-order valence-corrected chi connectivity index (χ4v) is 4.63. The first kappa shape index (κ1) is 8.48. The first-order valence-corrected chi connectivity index (χ1v) is 6.65. The van der Waals surface area contributed by atoms with Crippen molar-refractivity contribution in [1.82, 2.24) is 0 Å². The van der Waals surface area contributed by atoms with Crippen molar-refractivity contribution in [2.24, 2.45) is 5.92 Å². The van der Waals surface area contributed by atoms with Crippen LogP contribution in [0.15, 0.2) is 29.2 Å². The Balaban J connectivity index is 2.25. The summed E-state index contributed by atoms with van der Waals surface area (Å²) < 4.78 is 23.7. The Hall–Kier alpha value is -0.830. The van der Waals surface area contributed by atoms with Gasteiger partial charge < -0.3 is 0 Å². The molecule has 1 aromatic rings. The van der Waals surface area contributed by atoms with Crippen LogP contribution < -0.4 is 0 Å². The van der Waals surface area contributed by atoms with Crippen LogP contribution in [0.4, 0.5) is 0 Å². The second kappa shape index (κ2) is 2.60. The Bertz CT molecular complexity index is 476. The highest BCUT2D eigenvalue weighted by molar-refractivity contribution is 7.91. The normalized spacial score (nSPS) is 32.6. The van der Waals surface area contributed by atoms with Crippen molar-refractivity contribution in [3.63, 3.8) is 0 Å². The fraction of sp³-hybridized carbons (Fsp3) is 0.455. The van der Waals surface area contributed by atoms with Gasteiger partial charge in [-0.1, -0.05) is 18.2 Å². The van der Waals surface area contributed by atoms with Crippen LogP contribution in [0, 0.1) is 5.92 Å². The maximum Gasteiger partial charge on any atom is 0.178 e. The summed E-state index contributed by atoms with van der Waals surface area (Å²) in [7, 11) is -2.97. The first-order valence-electron chi connectivity index (χ1n) is 5.00. The van der Waals surface area contributed by atoms with Crippen LogP contribution in [0.25, 0.3) is 0 Å². The molecular formula is C11H12O2S. The SMILES string of the molecule is O=S1(=O)C[C@@H]2CCC2c2ccccc21. The van der Waals surface area contributed by atoms with E-state index in [1.165, 1.54) is 0 Å². The zero-order valence-electron chi connectivity index (χ0n) is 7.81. The van der Waals surface area contributed by atoms with Gasteiger partial charge in [0.25, 0.3) is 0 Å². The molecule has 2 atom stereocenters. The largest absolute Gasteiger partial charge is 0.224 e. The highest BCUT2D eigenvalue weighted by atomic mass is 32.2. The number of sulfone groups is 1. The second-order valence-electron chi connectivity index (χ2n) is 4.26. The highest BCUT2D eigenvalue weighted by Crippen LogP contribution is 2.49. The van der Waals surface area contributed by atoms with Gasteiger partial charge in [-0.05, 0) is 36.3 Å². The molecule has 0 aromatic heterocycles. The smallest absolute Gasteiger partial charge is 0.178 e. The molecule has 1 heterocycles.